The van der Waals surface area contributed by atoms with Gasteiger partial charge in [-0.3, -0.25) is 4.79 Å². The van der Waals surface area contributed by atoms with Gasteiger partial charge in [-0.2, -0.15) is 5.26 Å². The summed E-state index contributed by atoms with van der Waals surface area (Å²) in [5, 5.41) is 8.77. The van der Waals surface area contributed by atoms with Crippen LogP contribution in [0, 0.1) is 11.3 Å². The maximum Gasteiger partial charge on any atom is 0.254 e. The van der Waals surface area contributed by atoms with Crippen molar-refractivity contribution in [3.05, 3.63) is 48.0 Å². The number of nitriles is 1. The SMILES string of the molecule is C=CCN(C(=O)c1ccc(C#N)cc1)[C@H]1CCS(=O)(=O)C1. The normalized spacial score (nSPS) is 19.7. The van der Waals surface area contributed by atoms with Crippen molar-refractivity contribution in [1.29, 1.82) is 5.26 Å². The van der Waals surface area contributed by atoms with E-state index in [9.17, 15) is 13.2 Å². The first-order chi connectivity index (χ1) is 9.96. The molecule has 1 heterocycles. The Bertz CT molecular complexity index is 687. The van der Waals surface area contributed by atoms with Crippen LogP contribution in [0.5, 0.6) is 0 Å². The first-order valence-corrected chi connectivity index (χ1v) is 8.41. The highest BCUT2D eigenvalue weighted by atomic mass is 32.2. The summed E-state index contributed by atoms with van der Waals surface area (Å²) in [4.78, 5) is 14.1. The average Bonchev–Trinajstić information content (AvgIpc) is 2.84. The smallest absolute Gasteiger partial charge is 0.254 e. The fraction of sp³-hybridized carbons (Fsp3) is 0.333. The van der Waals surface area contributed by atoms with E-state index in [1.807, 2.05) is 6.07 Å². The highest BCUT2D eigenvalue weighted by Gasteiger charge is 2.34. The minimum atomic E-state index is -3.06. The minimum absolute atomic E-state index is 0.00284. The molecule has 1 fully saturated rings. The van der Waals surface area contributed by atoms with Crippen LogP contribution in [0.25, 0.3) is 0 Å². The highest BCUT2D eigenvalue weighted by Crippen LogP contribution is 2.20. The number of carbonyl (C=O) groups excluding carboxylic acids is 1. The van der Waals surface area contributed by atoms with Crippen LogP contribution < -0.4 is 0 Å². The number of benzene rings is 1. The fourth-order valence-electron chi connectivity index (χ4n) is 2.41. The van der Waals surface area contributed by atoms with Gasteiger partial charge in [-0.1, -0.05) is 6.08 Å². The van der Waals surface area contributed by atoms with Gasteiger partial charge in [0.15, 0.2) is 9.84 Å². The molecule has 21 heavy (non-hydrogen) atoms. The van der Waals surface area contributed by atoms with Gasteiger partial charge < -0.3 is 4.90 Å². The van der Waals surface area contributed by atoms with Gasteiger partial charge in [0.05, 0.1) is 23.1 Å². The Kier molecular flexibility index (Phi) is 4.43. The number of rotatable bonds is 4. The van der Waals surface area contributed by atoms with Crippen LogP contribution in [-0.4, -0.2) is 43.3 Å². The van der Waals surface area contributed by atoms with Gasteiger partial charge in [-0.15, -0.1) is 6.58 Å². The molecule has 0 saturated carbocycles. The predicted molar refractivity (Wildman–Crippen MR) is 79.4 cm³/mol. The van der Waals surface area contributed by atoms with E-state index < -0.39 is 9.84 Å². The summed E-state index contributed by atoms with van der Waals surface area (Å²) in [5.41, 5.74) is 0.922. The molecule has 1 amide bonds. The van der Waals surface area contributed by atoms with E-state index in [4.69, 9.17) is 5.26 Å². The predicted octanol–water partition coefficient (Wildman–Crippen LogP) is 1.37. The van der Waals surface area contributed by atoms with Gasteiger partial charge >= 0.3 is 0 Å². The largest absolute Gasteiger partial charge is 0.331 e. The Morgan fingerprint density at radius 1 is 1.43 bits per heavy atom. The second-order valence-corrected chi connectivity index (χ2v) is 7.22. The molecule has 2 rings (SSSR count). The topological polar surface area (TPSA) is 78.2 Å². The standard InChI is InChI=1S/C15H16N2O3S/c1-2-8-17(14-7-9-21(19,20)11-14)15(18)13-5-3-12(10-16)4-6-13/h2-6,14H,1,7-9,11H2/t14-/m0/s1. The molecule has 0 N–H and O–H groups in total. The van der Waals surface area contributed by atoms with Crippen LogP contribution in [0.3, 0.4) is 0 Å². The molecular formula is C15H16N2O3S. The minimum Gasteiger partial charge on any atom is -0.331 e. The summed E-state index contributed by atoms with van der Waals surface area (Å²) in [5.74, 6) is -0.115. The van der Waals surface area contributed by atoms with E-state index in [0.717, 1.165) is 0 Å². The van der Waals surface area contributed by atoms with E-state index in [2.05, 4.69) is 6.58 Å². The molecule has 0 bridgehead atoms. The van der Waals surface area contributed by atoms with Gasteiger partial charge in [0.1, 0.15) is 0 Å². The molecule has 1 aliphatic heterocycles. The third-order valence-electron chi connectivity index (χ3n) is 3.50. The van der Waals surface area contributed by atoms with E-state index in [0.29, 0.717) is 24.1 Å². The lowest BCUT2D eigenvalue weighted by Crippen LogP contribution is -2.41. The Labute approximate surface area is 124 Å². The molecule has 0 aliphatic carbocycles. The molecule has 1 aromatic rings. The Morgan fingerprint density at radius 2 is 2.10 bits per heavy atom. The van der Waals surface area contributed by atoms with Crippen LogP contribution in [-0.2, 0) is 9.84 Å². The number of carbonyl (C=O) groups is 1. The number of nitrogens with zero attached hydrogens (tertiary/aromatic N) is 2. The van der Waals surface area contributed by atoms with Crippen LogP contribution >= 0.6 is 0 Å². The molecular weight excluding hydrogens is 288 g/mol. The third-order valence-corrected chi connectivity index (χ3v) is 5.25. The lowest BCUT2D eigenvalue weighted by atomic mass is 10.1. The molecule has 1 atom stereocenters. The molecule has 1 saturated heterocycles. The van der Waals surface area contributed by atoms with E-state index >= 15 is 0 Å². The summed E-state index contributed by atoms with van der Waals surface area (Å²) in [6, 6.07) is 8.00. The highest BCUT2D eigenvalue weighted by molar-refractivity contribution is 7.91. The fourth-order valence-corrected chi connectivity index (χ4v) is 4.14. The van der Waals surface area contributed by atoms with Crippen molar-refractivity contribution in [1.82, 2.24) is 4.90 Å². The van der Waals surface area contributed by atoms with E-state index in [1.165, 1.54) is 0 Å². The zero-order valence-electron chi connectivity index (χ0n) is 11.5. The number of hydrogen-bond acceptors (Lipinski definition) is 4. The summed E-state index contributed by atoms with van der Waals surface area (Å²) in [6.07, 6.45) is 2.05. The number of sulfone groups is 1. The third kappa shape index (κ3) is 3.50. The first-order valence-electron chi connectivity index (χ1n) is 6.59. The molecule has 110 valence electrons. The van der Waals surface area contributed by atoms with Crippen LogP contribution in [0.1, 0.15) is 22.3 Å². The van der Waals surface area contributed by atoms with Crippen molar-refractivity contribution in [2.75, 3.05) is 18.1 Å². The Morgan fingerprint density at radius 3 is 2.57 bits per heavy atom. The van der Waals surface area contributed by atoms with Crippen molar-refractivity contribution >= 4 is 15.7 Å². The lowest BCUT2D eigenvalue weighted by molar-refractivity contribution is 0.0720. The maximum absolute atomic E-state index is 12.5. The molecule has 6 heteroatoms. The average molecular weight is 304 g/mol. The van der Waals surface area contributed by atoms with Gasteiger partial charge in [0.25, 0.3) is 5.91 Å². The molecule has 1 aliphatic rings. The van der Waals surface area contributed by atoms with Gasteiger partial charge in [0, 0.05) is 18.2 Å². The Balaban J connectivity index is 2.23. The maximum atomic E-state index is 12.5. The quantitative estimate of drug-likeness (QED) is 0.787. The molecule has 0 unspecified atom stereocenters. The summed E-state index contributed by atoms with van der Waals surface area (Å²) in [6.45, 7) is 3.93. The van der Waals surface area contributed by atoms with E-state index in [1.54, 1.807) is 35.2 Å². The van der Waals surface area contributed by atoms with Crippen molar-refractivity contribution < 1.29 is 13.2 Å². The molecule has 5 nitrogen and oxygen atoms in total. The number of hydrogen-bond donors (Lipinski definition) is 0. The van der Waals surface area contributed by atoms with Crippen molar-refractivity contribution in [3.8, 4) is 6.07 Å². The van der Waals surface area contributed by atoms with Crippen molar-refractivity contribution in [2.24, 2.45) is 0 Å². The van der Waals surface area contributed by atoms with Gasteiger partial charge in [-0.05, 0) is 30.7 Å². The monoisotopic (exact) mass is 304 g/mol. The zero-order chi connectivity index (χ0) is 15.5. The van der Waals surface area contributed by atoms with Crippen molar-refractivity contribution in [3.63, 3.8) is 0 Å². The lowest BCUT2D eigenvalue weighted by Gasteiger charge is -2.27. The Hall–Kier alpha value is -2.13. The molecule has 0 aromatic heterocycles. The van der Waals surface area contributed by atoms with E-state index in [-0.39, 0.29) is 23.5 Å². The summed E-state index contributed by atoms with van der Waals surface area (Å²) in [7, 11) is -3.06. The van der Waals surface area contributed by atoms with Gasteiger partial charge in [-0.25, -0.2) is 8.42 Å². The van der Waals surface area contributed by atoms with Crippen LogP contribution in [0.2, 0.25) is 0 Å². The second kappa shape index (κ2) is 6.10. The molecule has 0 spiro atoms. The van der Waals surface area contributed by atoms with Crippen molar-refractivity contribution in [2.45, 2.75) is 12.5 Å². The first kappa shape index (κ1) is 15.3. The summed E-state index contributed by atoms with van der Waals surface area (Å²) >= 11 is 0. The zero-order valence-corrected chi connectivity index (χ0v) is 12.3. The molecule has 0 radical (unpaired) electrons. The second-order valence-electron chi connectivity index (χ2n) is 4.99. The molecule has 1 aromatic carbocycles. The van der Waals surface area contributed by atoms with Crippen LogP contribution in [0.15, 0.2) is 36.9 Å². The van der Waals surface area contributed by atoms with Crippen LogP contribution in [0.4, 0.5) is 0 Å². The van der Waals surface area contributed by atoms with Gasteiger partial charge in [0.2, 0.25) is 0 Å². The number of amides is 1. The summed E-state index contributed by atoms with van der Waals surface area (Å²) < 4.78 is 23.2.